The van der Waals surface area contributed by atoms with Gasteiger partial charge in [0.2, 0.25) is 0 Å². The molecule has 5 heteroatoms. The average Bonchev–Trinajstić information content (AvgIpc) is 2.88. The van der Waals surface area contributed by atoms with E-state index in [2.05, 4.69) is 16.4 Å². The monoisotopic (exact) mass is 275 g/mol. The third-order valence-electron chi connectivity index (χ3n) is 2.62. The number of nitrogens with zero attached hydrogens (tertiary/aromatic N) is 2. The van der Waals surface area contributed by atoms with Crippen molar-refractivity contribution in [1.29, 1.82) is 5.26 Å². The Labute approximate surface area is 115 Å². The van der Waals surface area contributed by atoms with Gasteiger partial charge < -0.3 is 5.32 Å². The second kappa shape index (κ2) is 6.41. The number of benzene rings is 1. The topological polar surface area (TPSA) is 48.7 Å². The maximum absolute atomic E-state index is 12.8. The number of thiazole rings is 1. The molecule has 0 amide bonds. The molecule has 0 aliphatic heterocycles. The molecule has 0 fully saturated rings. The zero-order valence-corrected chi connectivity index (χ0v) is 11.4. The van der Waals surface area contributed by atoms with Crippen molar-refractivity contribution in [3.05, 3.63) is 41.2 Å². The molecule has 1 aromatic heterocycles. The molecular formula is C14H14FN3S. The van der Waals surface area contributed by atoms with E-state index in [-0.39, 0.29) is 11.7 Å². The fourth-order valence-electron chi connectivity index (χ4n) is 1.58. The van der Waals surface area contributed by atoms with Crippen LogP contribution in [0, 0.1) is 23.1 Å². The first-order valence-electron chi connectivity index (χ1n) is 5.99. The number of halogens is 1. The maximum Gasteiger partial charge on any atom is 0.123 e. The predicted octanol–water partition coefficient (Wildman–Crippen LogP) is 3.20. The Morgan fingerprint density at radius 1 is 1.42 bits per heavy atom. The van der Waals surface area contributed by atoms with Crippen LogP contribution >= 0.6 is 11.3 Å². The van der Waals surface area contributed by atoms with Gasteiger partial charge in [-0.05, 0) is 31.2 Å². The van der Waals surface area contributed by atoms with E-state index < -0.39 is 0 Å². The highest BCUT2D eigenvalue weighted by Gasteiger charge is 2.05. The Hall–Kier alpha value is -1.77. The second-order valence-corrected chi connectivity index (χ2v) is 5.17. The zero-order valence-electron chi connectivity index (χ0n) is 10.6. The van der Waals surface area contributed by atoms with E-state index in [0.29, 0.717) is 13.1 Å². The summed E-state index contributed by atoms with van der Waals surface area (Å²) in [6, 6.07) is 8.49. The van der Waals surface area contributed by atoms with Crippen LogP contribution in [0.1, 0.15) is 12.6 Å². The highest BCUT2D eigenvalue weighted by Crippen LogP contribution is 2.23. The SMILES string of the molecule is CC(C#N)CNCc1csc(-c2ccc(F)cc2)n1. The van der Waals surface area contributed by atoms with Crippen LogP contribution in [0.2, 0.25) is 0 Å². The minimum Gasteiger partial charge on any atom is -0.310 e. The molecule has 98 valence electrons. The molecule has 1 unspecified atom stereocenters. The summed E-state index contributed by atoms with van der Waals surface area (Å²) < 4.78 is 12.8. The Kier molecular flexibility index (Phi) is 4.61. The lowest BCUT2D eigenvalue weighted by molar-refractivity contribution is 0.597. The normalized spacial score (nSPS) is 12.1. The highest BCUT2D eigenvalue weighted by atomic mass is 32.1. The van der Waals surface area contributed by atoms with Crippen LogP contribution in [-0.4, -0.2) is 11.5 Å². The van der Waals surface area contributed by atoms with Crippen LogP contribution in [0.4, 0.5) is 4.39 Å². The molecule has 1 aromatic carbocycles. The van der Waals surface area contributed by atoms with E-state index >= 15 is 0 Å². The standard InChI is InChI=1S/C14H14FN3S/c1-10(6-16)7-17-8-13-9-19-14(18-13)11-2-4-12(15)5-3-11/h2-5,9-10,17H,7-8H2,1H3. The van der Waals surface area contributed by atoms with Gasteiger partial charge >= 0.3 is 0 Å². The molecule has 0 aliphatic carbocycles. The molecule has 0 saturated carbocycles. The summed E-state index contributed by atoms with van der Waals surface area (Å²) in [5.41, 5.74) is 1.86. The number of hydrogen-bond acceptors (Lipinski definition) is 4. The summed E-state index contributed by atoms with van der Waals surface area (Å²) in [6.07, 6.45) is 0. The minimum atomic E-state index is -0.243. The van der Waals surface area contributed by atoms with Crippen LogP contribution in [0.25, 0.3) is 10.6 Å². The lowest BCUT2D eigenvalue weighted by atomic mass is 10.2. The summed E-state index contributed by atoms with van der Waals surface area (Å²) in [7, 11) is 0. The van der Waals surface area contributed by atoms with Gasteiger partial charge in [0.15, 0.2) is 0 Å². The van der Waals surface area contributed by atoms with E-state index in [4.69, 9.17) is 5.26 Å². The quantitative estimate of drug-likeness (QED) is 0.911. The first kappa shape index (κ1) is 13.7. The lowest BCUT2D eigenvalue weighted by Crippen LogP contribution is -2.19. The van der Waals surface area contributed by atoms with Crippen molar-refractivity contribution < 1.29 is 4.39 Å². The Morgan fingerprint density at radius 2 is 2.16 bits per heavy atom. The number of nitrogens with one attached hydrogen (secondary N) is 1. The molecular weight excluding hydrogens is 261 g/mol. The van der Waals surface area contributed by atoms with Crippen LogP contribution in [0.3, 0.4) is 0 Å². The third-order valence-corrected chi connectivity index (χ3v) is 3.56. The smallest absolute Gasteiger partial charge is 0.123 e. The molecule has 0 bridgehead atoms. The predicted molar refractivity (Wildman–Crippen MR) is 74.0 cm³/mol. The van der Waals surface area contributed by atoms with Crippen molar-refractivity contribution in [3.63, 3.8) is 0 Å². The zero-order chi connectivity index (χ0) is 13.7. The van der Waals surface area contributed by atoms with Crippen LogP contribution in [0.5, 0.6) is 0 Å². The maximum atomic E-state index is 12.8. The molecule has 3 nitrogen and oxygen atoms in total. The summed E-state index contributed by atoms with van der Waals surface area (Å²) in [4.78, 5) is 4.48. The van der Waals surface area contributed by atoms with Crippen molar-refractivity contribution >= 4 is 11.3 Å². The van der Waals surface area contributed by atoms with Gasteiger partial charge in [-0.2, -0.15) is 5.26 Å². The van der Waals surface area contributed by atoms with Crippen LogP contribution in [-0.2, 0) is 6.54 Å². The van der Waals surface area contributed by atoms with E-state index in [9.17, 15) is 4.39 Å². The van der Waals surface area contributed by atoms with Crippen molar-refractivity contribution in [2.45, 2.75) is 13.5 Å². The second-order valence-electron chi connectivity index (χ2n) is 4.31. The number of hydrogen-bond donors (Lipinski definition) is 1. The molecule has 1 N–H and O–H groups in total. The molecule has 1 heterocycles. The molecule has 0 aliphatic rings. The van der Waals surface area contributed by atoms with Crippen LogP contribution in [0.15, 0.2) is 29.6 Å². The average molecular weight is 275 g/mol. The molecule has 2 rings (SSSR count). The minimum absolute atomic E-state index is 0.00444. The molecule has 0 radical (unpaired) electrons. The molecule has 19 heavy (non-hydrogen) atoms. The lowest BCUT2D eigenvalue weighted by Gasteiger charge is -2.03. The number of aromatic nitrogens is 1. The van der Waals surface area contributed by atoms with Gasteiger partial charge in [-0.3, -0.25) is 0 Å². The van der Waals surface area contributed by atoms with E-state index in [1.54, 1.807) is 12.1 Å². The molecule has 0 spiro atoms. The summed E-state index contributed by atoms with van der Waals surface area (Å²) >= 11 is 1.53. The van der Waals surface area contributed by atoms with Crippen molar-refractivity contribution in [3.8, 4) is 16.6 Å². The summed E-state index contributed by atoms with van der Waals surface area (Å²) in [6.45, 7) is 3.17. The van der Waals surface area contributed by atoms with E-state index in [0.717, 1.165) is 16.3 Å². The van der Waals surface area contributed by atoms with Gasteiger partial charge in [0.1, 0.15) is 10.8 Å². The highest BCUT2D eigenvalue weighted by molar-refractivity contribution is 7.13. The number of rotatable bonds is 5. The number of nitriles is 1. The Bertz CT molecular complexity index is 571. The van der Waals surface area contributed by atoms with Gasteiger partial charge in [0.05, 0.1) is 17.7 Å². The first-order valence-corrected chi connectivity index (χ1v) is 6.87. The molecule has 0 saturated heterocycles. The Balaban J connectivity index is 1.96. The third kappa shape index (κ3) is 3.85. The first-order chi connectivity index (χ1) is 9.19. The largest absolute Gasteiger partial charge is 0.310 e. The summed E-state index contributed by atoms with van der Waals surface area (Å²) in [5, 5.41) is 14.7. The van der Waals surface area contributed by atoms with E-state index in [1.807, 2.05) is 12.3 Å². The van der Waals surface area contributed by atoms with E-state index in [1.165, 1.54) is 23.5 Å². The van der Waals surface area contributed by atoms with Crippen LogP contribution < -0.4 is 5.32 Å². The molecule has 1 atom stereocenters. The van der Waals surface area contributed by atoms with Gasteiger partial charge in [0, 0.05) is 24.0 Å². The summed E-state index contributed by atoms with van der Waals surface area (Å²) in [5.74, 6) is -0.247. The fraction of sp³-hybridized carbons (Fsp3) is 0.286. The van der Waals surface area contributed by atoms with Gasteiger partial charge in [-0.15, -0.1) is 11.3 Å². The Morgan fingerprint density at radius 3 is 2.84 bits per heavy atom. The van der Waals surface area contributed by atoms with Gasteiger partial charge in [0.25, 0.3) is 0 Å². The fourth-order valence-corrected chi connectivity index (χ4v) is 2.40. The van der Waals surface area contributed by atoms with Crippen molar-refractivity contribution in [2.24, 2.45) is 5.92 Å². The van der Waals surface area contributed by atoms with Crippen molar-refractivity contribution in [1.82, 2.24) is 10.3 Å². The molecule has 2 aromatic rings. The van der Waals surface area contributed by atoms with Crippen molar-refractivity contribution in [2.75, 3.05) is 6.54 Å². The van der Waals surface area contributed by atoms with Gasteiger partial charge in [-0.1, -0.05) is 0 Å². The van der Waals surface area contributed by atoms with Gasteiger partial charge in [-0.25, -0.2) is 9.37 Å².